The van der Waals surface area contributed by atoms with Crippen LogP contribution in [0.5, 0.6) is 5.75 Å². The molecular weight excluding hydrogens is 484 g/mol. The van der Waals surface area contributed by atoms with Crippen molar-refractivity contribution in [3.8, 4) is 5.75 Å². The Kier molecular flexibility index (Phi) is 12.1. The van der Waals surface area contributed by atoms with E-state index in [1.54, 1.807) is 23.1 Å². The number of aliphatic hydroxyl groups excluding tert-OH is 1. The van der Waals surface area contributed by atoms with Gasteiger partial charge >= 0.3 is 6.03 Å². The monoisotopic (exact) mass is 532 g/mol. The molecule has 1 aliphatic heterocycles. The molecule has 0 saturated heterocycles. The first-order valence-corrected chi connectivity index (χ1v) is 14.4. The zero-order valence-electron chi connectivity index (χ0n) is 23.6. The van der Waals surface area contributed by atoms with Crippen LogP contribution in [0, 0.1) is 5.92 Å². The van der Waals surface area contributed by atoms with Crippen molar-refractivity contribution in [3.63, 3.8) is 0 Å². The number of carbonyl (C=O) groups is 2. The number of amides is 3. The van der Waals surface area contributed by atoms with E-state index in [2.05, 4.69) is 22.9 Å². The van der Waals surface area contributed by atoms with E-state index in [4.69, 9.17) is 9.47 Å². The van der Waals surface area contributed by atoms with E-state index in [-0.39, 0.29) is 42.7 Å². The topological polar surface area (TPSA) is 112 Å². The van der Waals surface area contributed by atoms with Crippen molar-refractivity contribution in [2.24, 2.45) is 5.92 Å². The lowest BCUT2D eigenvalue weighted by atomic mass is 9.96. The molecule has 9 nitrogen and oxygen atoms in total. The van der Waals surface area contributed by atoms with Crippen LogP contribution in [0.1, 0.15) is 82.5 Å². The molecule has 214 valence electrons. The summed E-state index contributed by atoms with van der Waals surface area (Å²) in [5.41, 5.74) is 0.909. The Hall–Kier alpha value is -2.36. The summed E-state index contributed by atoms with van der Waals surface area (Å²) in [6.07, 6.45) is 8.04. The van der Waals surface area contributed by atoms with E-state index >= 15 is 0 Å². The van der Waals surface area contributed by atoms with Gasteiger partial charge in [0.2, 0.25) is 0 Å². The fourth-order valence-corrected chi connectivity index (χ4v) is 5.29. The van der Waals surface area contributed by atoms with Crippen LogP contribution in [-0.4, -0.2) is 79.6 Å². The number of nitrogens with zero attached hydrogens (tertiary/aromatic N) is 1. The maximum absolute atomic E-state index is 14.0. The number of ether oxygens (including phenoxy) is 2. The van der Waals surface area contributed by atoms with E-state index in [0.717, 1.165) is 44.9 Å². The molecule has 3 rings (SSSR count). The third kappa shape index (κ3) is 8.85. The Morgan fingerprint density at radius 3 is 2.58 bits per heavy atom. The van der Waals surface area contributed by atoms with Gasteiger partial charge in [-0.15, -0.1) is 0 Å². The first-order chi connectivity index (χ1) is 18.3. The maximum atomic E-state index is 14.0. The molecule has 0 unspecified atom stereocenters. The van der Waals surface area contributed by atoms with Gasteiger partial charge in [-0.3, -0.25) is 4.79 Å². The highest BCUT2D eigenvalue weighted by Crippen LogP contribution is 2.28. The largest absolute Gasteiger partial charge is 0.490 e. The molecule has 1 heterocycles. The number of likely N-dealkylation sites (N-methyl/N-ethyl adjacent to an activating group) is 1. The predicted molar refractivity (Wildman–Crippen MR) is 150 cm³/mol. The lowest BCUT2D eigenvalue weighted by Crippen LogP contribution is -2.47. The second-order valence-electron chi connectivity index (χ2n) is 11.0. The maximum Gasteiger partial charge on any atom is 0.319 e. The molecule has 9 heteroatoms. The average molecular weight is 533 g/mol. The second-order valence-corrected chi connectivity index (χ2v) is 11.0. The lowest BCUT2D eigenvalue weighted by Gasteiger charge is -2.34. The van der Waals surface area contributed by atoms with E-state index in [1.165, 1.54) is 6.42 Å². The summed E-state index contributed by atoms with van der Waals surface area (Å²) in [5, 5.41) is 19.2. The molecule has 38 heavy (non-hydrogen) atoms. The van der Waals surface area contributed by atoms with Gasteiger partial charge in [0.05, 0.1) is 30.4 Å². The highest BCUT2D eigenvalue weighted by Gasteiger charge is 2.30. The van der Waals surface area contributed by atoms with Crippen molar-refractivity contribution >= 4 is 17.6 Å². The number of aliphatic hydroxyl groups is 1. The molecule has 0 spiro atoms. The van der Waals surface area contributed by atoms with Crippen molar-refractivity contribution in [1.29, 1.82) is 0 Å². The number of benzene rings is 1. The van der Waals surface area contributed by atoms with Gasteiger partial charge in [0.25, 0.3) is 5.91 Å². The minimum atomic E-state index is -0.399. The minimum Gasteiger partial charge on any atom is -0.490 e. The van der Waals surface area contributed by atoms with Crippen molar-refractivity contribution in [2.75, 3.05) is 38.7 Å². The van der Waals surface area contributed by atoms with Crippen molar-refractivity contribution in [2.45, 2.75) is 96.4 Å². The highest BCUT2D eigenvalue weighted by molar-refractivity contribution is 5.99. The van der Waals surface area contributed by atoms with Crippen LogP contribution in [0.4, 0.5) is 10.5 Å². The number of anilines is 1. The molecule has 1 aromatic carbocycles. The SMILES string of the molecule is CNC[C@H]1OCCCC[C@H](C)Oc2ccc(NC(=O)NC3CCCCC3)cc2C(=O)N([C@H](C)CO)C[C@@H]1C. The first kappa shape index (κ1) is 30.2. The average Bonchev–Trinajstić information content (AvgIpc) is 2.90. The molecule has 1 fully saturated rings. The Bertz CT molecular complexity index is 892. The third-order valence-electron chi connectivity index (χ3n) is 7.66. The molecule has 1 aromatic rings. The zero-order chi connectivity index (χ0) is 27.5. The highest BCUT2D eigenvalue weighted by atomic mass is 16.5. The number of fused-ring (bicyclic) bond motifs is 1. The number of rotatable bonds is 6. The normalized spacial score (nSPS) is 25.0. The smallest absolute Gasteiger partial charge is 0.319 e. The van der Waals surface area contributed by atoms with Gasteiger partial charge in [-0.25, -0.2) is 4.79 Å². The van der Waals surface area contributed by atoms with Crippen LogP contribution in [0.15, 0.2) is 18.2 Å². The predicted octanol–water partition coefficient (Wildman–Crippen LogP) is 4.16. The summed E-state index contributed by atoms with van der Waals surface area (Å²) >= 11 is 0. The van der Waals surface area contributed by atoms with E-state index in [0.29, 0.717) is 36.7 Å². The molecule has 0 bridgehead atoms. The first-order valence-electron chi connectivity index (χ1n) is 14.4. The Labute approximate surface area is 228 Å². The zero-order valence-corrected chi connectivity index (χ0v) is 23.6. The van der Waals surface area contributed by atoms with Crippen LogP contribution in [0.2, 0.25) is 0 Å². The van der Waals surface area contributed by atoms with Gasteiger partial charge < -0.3 is 35.4 Å². The van der Waals surface area contributed by atoms with Crippen molar-refractivity contribution < 1.29 is 24.2 Å². The van der Waals surface area contributed by atoms with E-state index in [9.17, 15) is 14.7 Å². The molecule has 1 aliphatic carbocycles. The lowest BCUT2D eigenvalue weighted by molar-refractivity contribution is -0.000451. The summed E-state index contributed by atoms with van der Waals surface area (Å²) in [5.74, 6) is 0.287. The Morgan fingerprint density at radius 1 is 1.13 bits per heavy atom. The fourth-order valence-electron chi connectivity index (χ4n) is 5.29. The summed E-state index contributed by atoms with van der Waals surface area (Å²) in [4.78, 5) is 28.4. The van der Waals surface area contributed by atoms with Gasteiger partial charge in [-0.05, 0) is 71.2 Å². The van der Waals surface area contributed by atoms with Crippen LogP contribution in [-0.2, 0) is 4.74 Å². The van der Waals surface area contributed by atoms with Crippen LogP contribution >= 0.6 is 0 Å². The standard InChI is InChI=1S/C29H48N4O5/c1-20-18-33(21(2)19-34)28(35)25-16-24(32-29(36)31-23-11-6-5-7-12-23)13-14-26(25)38-22(3)10-8-9-15-37-27(20)17-30-4/h13-14,16,20-23,27,30,34H,5-12,15,17-19H2,1-4H3,(H2,31,32,36)/t20-,21+,22-,27+/m0/s1. The minimum absolute atomic E-state index is 0.0363. The van der Waals surface area contributed by atoms with E-state index in [1.807, 2.05) is 20.9 Å². The molecule has 3 amide bonds. The summed E-state index contributed by atoms with van der Waals surface area (Å²) in [6, 6.07) is 4.76. The van der Waals surface area contributed by atoms with Gasteiger partial charge in [0.1, 0.15) is 5.75 Å². The number of hydrogen-bond acceptors (Lipinski definition) is 6. The second kappa shape index (κ2) is 15.3. The molecule has 4 N–H and O–H groups in total. The third-order valence-corrected chi connectivity index (χ3v) is 7.66. The Balaban J connectivity index is 1.89. The molecule has 0 radical (unpaired) electrons. The van der Waals surface area contributed by atoms with E-state index < -0.39 is 6.04 Å². The van der Waals surface area contributed by atoms with Gasteiger partial charge in [0.15, 0.2) is 0 Å². The van der Waals surface area contributed by atoms with Crippen LogP contribution < -0.4 is 20.7 Å². The molecule has 0 aromatic heterocycles. The van der Waals surface area contributed by atoms with Gasteiger partial charge in [-0.2, -0.15) is 0 Å². The molecule has 1 saturated carbocycles. The molecule has 2 aliphatic rings. The summed E-state index contributed by atoms with van der Waals surface area (Å²) in [6.45, 7) is 7.51. The van der Waals surface area contributed by atoms with Crippen LogP contribution in [0.3, 0.4) is 0 Å². The van der Waals surface area contributed by atoms with Crippen molar-refractivity contribution in [3.05, 3.63) is 23.8 Å². The van der Waals surface area contributed by atoms with Crippen LogP contribution in [0.25, 0.3) is 0 Å². The molecule has 4 atom stereocenters. The molecular formula is C29H48N4O5. The van der Waals surface area contributed by atoms with Gasteiger partial charge in [-0.1, -0.05) is 26.2 Å². The van der Waals surface area contributed by atoms with Gasteiger partial charge in [0, 0.05) is 37.3 Å². The quantitative estimate of drug-likeness (QED) is 0.438. The number of hydrogen-bond donors (Lipinski definition) is 4. The number of urea groups is 1. The summed E-state index contributed by atoms with van der Waals surface area (Å²) < 4.78 is 12.5. The fraction of sp³-hybridized carbons (Fsp3) is 0.724. The number of nitrogens with one attached hydrogen (secondary N) is 3. The number of carbonyl (C=O) groups excluding carboxylic acids is 2. The van der Waals surface area contributed by atoms with Crippen molar-refractivity contribution in [1.82, 2.24) is 15.5 Å². The Morgan fingerprint density at radius 2 is 1.87 bits per heavy atom. The summed E-state index contributed by atoms with van der Waals surface area (Å²) in [7, 11) is 1.90.